The summed E-state index contributed by atoms with van der Waals surface area (Å²) in [6.07, 6.45) is 8.62. The van der Waals surface area contributed by atoms with E-state index in [9.17, 15) is 4.79 Å². The van der Waals surface area contributed by atoms with Gasteiger partial charge in [-0.05, 0) is 31.1 Å². The van der Waals surface area contributed by atoms with E-state index in [0.717, 1.165) is 38.8 Å². The van der Waals surface area contributed by atoms with Gasteiger partial charge in [0.2, 0.25) is 0 Å². The van der Waals surface area contributed by atoms with Crippen molar-refractivity contribution in [2.45, 2.75) is 25.7 Å². The second-order valence-corrected chi connectivity index (χ2v) is 6.68. The average molecular weight is 287 g/mol. The lowest BCUT2D eigenvalue weighted by molar-refractivity contribution is 0.231. The molecule has 5 nitrogen and oxygen atoms in total. The molecule has 0 amide bonds. The van der Waals surface area contributed by atoms with Gasteiger partial charge in [-0.1, -0.05) is 0 Å². The van der Waals surface area contributed by atoms with Crippen LogP contribution in [-0.4, -0.2) is 28.0 Å². The summed E-state index contributed by atoms with van der Waals surface area (Å²) in [6.45, 7) is 1.80. The Labute approximate surface area is 120 Å². The van der Waals surface area contributed by atoms with E-state index in [1.807, 2.05) is 5.51 Å². The Bertz CT molecular complexity index is 662. The van der Waals surface area contributed by atoms with Gasteiger partial charge in [-0.3, -0.25) is 4.79 Å². The van der Waals surface area contributed by atoms with Crippen LogP contribution in [0.4, 0.5) is 5.82 Å². The normalized spacial score (nSPS) is 20.3. The van der Waals surface area contributed by atoms with Gasteiger partial charge in [0.25, 0.3) is 5.56 Å². The van der Waals surface area contributed by atoms with Crippen molar-refractivity contribution < 1.29 is 0 Å². The largest absolute Gasteiger partial charge is 0.352 e. The van der Waals surface area contributed by atoms with Gasteiger partial charge in [0.05, 0.1) is 23.6 Å². The topological polar surface area (TPSA) is 61.9 Å². The van der Waals surface area contributed by atoms with Gasteiger partial charge in [-0.25, -0.2) is 9.97 Å². The molecule has 1 radical (unpaired) electrons. The molecule has 1 saturated heterocycles. The van der Waals surface area contributed by atoms with Crippen molar-refractivity contribution in [1.82, 2.24) is 15.0 Å². The summed E-state index contributed by atoms with van der Waals surface area (Å²) in [4.78, 5) is 26.5. The lowest BCUT2D eigenvalue weighted by atomic mass is 9.76. The van der Waals surface area contributed by atoms with E-state index in [2.05, 4.69) is 26.0 Å². The minimum Gasteiger partial charge on any atom is -0.352 e. The van der Waals surface area contributed by atoms with Gasteiger partial charge in [0.1, 0.15) is 0 Å². The Kier molecular flexibility index (Phi) is 2.66. The number of nitrogens with zero attached hydrogens (tertiary/aromatic N) is 3. The van der Waals surface area contributed by atoms with Crippen LogP contribution < -0.4 is 10.5 Å². The molecule has 6 heteroatoms. The number of piperidine rings is 1. The van der Waals surface area contributed by atoms with Crippen molar-refractivity contribution in [3.63, 3.8) is 0 Å². The minimum atomic E-state index is -0.143. The molecule has 0 aromatic carbocycles. The summed E-state index contributed by atoms with van der Waals surface area (Å²) < 4.78 is 0. The molecule has 1 aliphatic carbocycles. The van der Waals surface area contributed by atoms with E-state index in [1.54, 1.807) is 11.3 Å². The number of hydrogen-bond donors (Lipinski definition) is 1. The zero-order chi connectivity index (χ0) is 13.6. The first-order valence-electron chi connectivity index (χ1n) is 6.87. The van der Waals surface area contributed by atoms with Crippen LogP contribution >= 0.6 is 11.3 Å². The number of anilines is 1. The quantitative estimate of drug-likeness (QED) is 0.861. The first kappa shape index (κ1) is 12.1. The van der Waals surface area contributed by atoms with Crippen LogP contribution in [0, 0.1) is 11.6 Å². The van der Waals surface area contributed by atoms with Crippen LogP contribution in [0.25, 0.3) is 0 Å². The minimum absolute atomic E-state index is 0.143. The van der Waals surface area contributed by atoms with Crippen LogP contribution in [-0.2, 0) is 12.8 Å². The third kappa shape index (κ3) is 1.86. The number of aromatic amines is 1. The lowest BCUT2D eigenvalue weighted by Gasteiger charge is -2.39. The summed E-state index contributed by atoms with van der Waals surface area (Å²) in [6, 6.07) is 0. The number of rotatable bonds is 1. The maximum Gasteiger partial charge on any atom is 0.291 e. The molecule has 1 fully saturated rings. The Morgan fingerprint density at radius 2 is 2.15 bits per heavy atom. The van der Waals surface area contributed by atoms with Crippen LogP contribution in [0.5, 0.6) is 0 Å². The van der Waals surface area contributed by atoms with Crippen LogP contribution in [0.1, 0.15) is 23.4 Å². The summed E-state index contributed by atoms with van der Waals surface area (Å²) in [5.74, 6) is 0.532. The van der Waals surface area contributed by atoms with Crippen LogP contribution in [0.15, 0.2) is 16.5 Å². The maximum absolute atomic E-state index is 11.8. The van der Waals surface area contributed by atoms with E-state index in [1.165, 1.54) is 16.8 Å². The highest BCUT2D eigenvalue weighted by Gasteiger charge is 2.41. The Balaban J connectivity index is 1.51. The number of H-pyrrole nitrogens is 1. The molecule has 1 spiro atoms. The second-order valence-electron chi connectivity index (χ2n) is 5.74. The molecular weight excluding hydrogens is 272 g/mol. The number of thiazole rings is 1. The fraction of sp³-hybridized carbons (Fsp3) is 0.500. The second kappa shape index (κ2) is 4.41. The first-order valence-corrected chi connectivity index (χ1v) is 7.75. The Morgan fingerprint density at radius 1 is 1.30 bits per heavy atom. The first-order chi connectivity index (χ1) is 9.76. The summed E-state index contributed by atoms with van der Waals surface area (Å²) >= 11 is 1.78. The van der Waals surface area contributed by atoms with Crippen molar-refractivity contribution in [3.8, 4) is 0 Å². The summed E-state index contributed by atoms with van der Waals surface area (Å²) in [7, 11) is 0. The van der Waals surface area contributed by atoms with Gasteiger partial charge >= 0.3 is 0 Å². The standard InChI is InChI=1S/C14H15N4OS/c19-13-12(15-3-4-16-13)18-5-1-14(2-6-18)7-10-11(8-14)20-9-17-10/h3,9H,1-2,5-8H2,(H,16,19). The van der Waals surface area contributed by atoms with E-state index in [0.29, 0.717) is 11.2 Å². The molecular formula is C14H15N4OS. The maximum atomic E-state index is 11.8. The van der Waals surface area contributed by atoms with Crippen molar-refractivity contribution in [2.75, 3.05) is 18.0 Å². The van der Waals surface area contributed by atoms with Gasteiger partial charge in [0.15, 0.2) is 5.82 Å². The van der Waals surface area contributed by atoms with E-state index in [-0.39, 0.29) is 5.56 Å². The zero-order valence-corrected chi connectivity index (χ0v) is 11.9. The van der Waals surface area contributed by atoms with Crippen LogP contribution in [0.3, 0.4) is 0 Å². The molecule has 1 N–H and O–H groups in total. The molecule has 0 unspecified atom stereocenters. The van der Waals surface area contributed by atoms with Crippen molar-refractivity contribution >= 4 is 17.2 Å². The summed E-state index contributed by atoms with van der Waals surface area (Å²) in [5.41, 5.74) is 3.49. The Hall–Kier alpha value is -1.69. The molecule has 0 saturated carbocycles. The molecule has 2 aliphatic rings. The lowest BCUT2D eigenvalue weighted by Crippen LogP contribution is -2.43. The van der Waals surface area contributed by atoms with Crippen molar-refractivity contribution in [1.29, 1.82) is 0 Å². The predicted octanol–water partition coefficient (Wildman–Crippen LogP) is 1.41. The molecule has 1 aliphatic heterocycles. The molecule has 2 aromatic rings. The third-order valence-corrected chi connectivity index (χ3v) is 5.44. The van der Waals surface area contributed by atoms with Gasteiger partial charge in [-0.2, -0.15) is 0 Å². The Morgan fingerprint density at radius 3 is 2.90 bits per heavy atom. The van der Waals surface area contributed by atoms with Gasteiger partial charge in [0, 0.05) is 18.0 Å². The number of nitrogens with one attached hydrogen (secondary N) is 1. The monoisotopic (exact) mass is 287 g/mol. The highest BCUT2D eigenvalue weighted by molar-refractivity contribution is 7.09. The molecule has 4 rings (SSSR count). The third-order valence-electron chi connectivity index (χ3n) is 4.57. The molecule has 0 bridgehead atoms. The number of hydrogen-bond acceptors (Lipinski definition) is 5. The highest BCUT2D eigenvalue weighted by atomic mass is 32.1. The molecule has 20 heavy (non-hydrogen) atoms. The SMILES string of the molecule is O=c1[nH][c]cnc1N1CCC2(CC1)Cc1ncsc1C2. The average Bonchev–Trinajstić information content (AvgIpc) is 3.00. The predicted molar refractivity (Wildman–Crippen MR) is 77.1 cm³/mol. The summed E-state index contributed by atoms with van der Waals surface area (Å²) in [5, 5.41) is 0. The van der Waals surface area contributed by atoms with E-state index < -0.39 is 0 Å². The van der Waals surface area contributed by atoms with Gasteiger partial charge < -0.3 is 9.88 Å². The fourth-order valence-corrected chi connectivity index (χ4v) is 4.37. The smallest absolute Gasteiger partial charge is 0.291 e. The van der Waals surface area contributed by atoms with Crippen molar-refractivity contribution in [2.24, 2.45) is 5.41 Å². The molecule has 3 heterocycles. The van der Waals surface area contributed by atoms with Crippen LogP contribution in [0.2, 0.25) is 0 Å². The zero-order valence-electron chi connectivity index (χ0n) is 11.1. The number of aromatic nitrogens is 3. The van der Waals surface area contributed by atoms with Crippen molar-refractivity contribution in [3.05, 3.63) is 38.8 Å². The van der Waals surface area contributed by atoms with Gasteiger partial charge in [-0.15, -0.1) is 11.3 Å². The number of fused-ring (bicyclic) bond motifs is 1. The molecule has 0 atom stereocenters. The van der Waals surface area contributed by atoms with E-state index in [4.69, 9.17) is 0 Å². The fourth-order valence-electron chi connectivity index (χ4n) is 3.42. The van der Waals surface area contributed by atoms with E-state index >= 15 is 0 Å². The molecule has 2 aromatic heterocycles. The highest BCUT2D eigenvalue weighted by Crippen LogP contribution is 2.45. The molecule has 103 valence electrons.